The summed E-state index contributed by atoms with van der Waals surface area (Å²) in [5.74, 6) is -0.735. The molecule has 1 saturated heterocycles. The molecule has 0 saturated carbocycles. The maximum Gasteiger partial charge on any atom is 0.328 e. The Kier molecular flexibility index (Phi) is 6.84. The normalized spacial score (nSPS) is 19.0. The summed E-state index contributed by atoms with van der Waals surface area (Å²) in [5, 5.41) is 33.3. The maximum atomic E-state index is 11.3. The van der Waals surface area contributed by atoms with E-state index in [1.165, 1.54) is 17.4 Å². The highest BCUT2D eigenvalue weighted by Crippen LogP contribution is 2.34. The third-order valence-electron chi connectivity index (χ3n) is 5.16. The molecule has 1 aliphatic rings. The van der Waals surface area contributed by atoms with E-state index in [0.717, 1.165) is 17.3 Å². The molecule has 0 aliphatic carbocycles. The number of aliphatic hydroxyl groups excluding tert-OH is 1. The lowest BCUT2D eigenvalue weighted by molar-refractivity contribution is -0.131. The van der Waals surface area contributed by atoms with Crippen LogP contribution in [-0.4, -0.2) is 39.0 Å². The van der Waals surface area contributed by atoms with Gasteiger partial charge in [0.25, 0.3) is 0 Å². The molecule has 0 amide bonds. The molecule has 8 heteroatoms. The second-order valence-electron chi connectivity index (χ2n) is 7.47. The Morgan fingerprint density at radius 1 is 1.28 bits per heavy atom. The van der Waals surface area contributed by atoms with Crippen LogP contribution in [0.1, 0.15) is 41.5 Å². The van der Waals surface area contributed by atoms with Crippen LogP contribution < -0.4 is 4.74 Å². The molecule has 2 unspecified atom stereocenters. The molecule has 1 aromatic carbocycles. The number of hydrogen-bond donors (Lipinski definition) is 3. The molecule has 0 radical (unpaired) electrons. The third kappa shape index (κ3) is 5.34. The SMILES string of the molecule is O=C(O)/C=C(\c1ccsc1)c1ccc(OCc2cccc(C3CC(O)CCO3)n2)cc1O. The third-order valence-corrected chi connectivity index (χ3v) is 5.84. The summed E-state index contributed by atoms with van der Waals surface area (Å²) in [6, 6.07) is 12.2. The van der Waals surface area contributed by atoms with Gasteiger partial charge in [-0.25, -0.2) is 4.79 Å². The fraction of sp³-hybridized carbons (Fsp3) is 0.250. The van der Waals surface area contributed by atoms with Crippen molar-refractivity contribution in [1.82, 2.24) is 4.98 Å². The standard InChI is InChI=1S/C24H23NO6S/c26-17-6-8-30-23(10-17)21-3-1-2-16(25-21)13-31-18-4-5-19(22(27)11-18)20(12-24(28)29)15-7-9-32-14-15/h1-5,7,9,11-12,14,17,23,26-27H,6,8,10,13H2,(H,28,29)/b20-12+. The molecule has 0 bridgehead atoms. The fourth-order valence-corrected chi connectivity index (χ4v) is 4.24. The van der Waals surface area contributed by atoms with Gasteiger partial charge in [-0.1, -0.05) is 6.07 Å². The quantitative estimate of drug-likeness (QED) is 0.461. The number of aromatic hydroxyl groups is 1. The predicted octanol–water partition coefficient (Wildman–Crippen LogP) is 4.16. The number of aromatic nitrogens is 1. The first-order chi connectivity index (χ1) is 15.5. The highest BCUT2D eigenvalue weighted by molar-refractivity contribution is 7.08. The Balaban J connectivity index is 1.48. The van der Waals surface area contributed by atoms with Crippen molar-refractivity contribution in [3.05, 3.63) is 81.8 Å². The van der Waals surface area contributed by atoms with E-state index in [0.29, 0.717) is 42.0 Å². The molecule has 1 aliphatic heterocycles. The molecule has 2 aromatic heterocycles. The molecule has 1 fully saturated rings. The molecule has 3 heterocycles. The van der Waals surface area contributed by atoms with Gasteiger partial charge in [0.1, 0.15) is 24.2 Å². The van der Waals surface area contributed by atoms with E-state index < -0.39 is 5.97 Å². The van der Waals surface area contributed by atoms with Gasteiger partial charge >= 0.3 is 5.97 Å². The summed E-state index contributed by atoms with van der Waals surface area (Å²) in [7, 11) is 0. The number of carboxylic acid groups (broad SMARTS) is 1. The number of thiophene rings is 1. The molecule has 0 spiro atoms. The zero-order valence-corrected chi connectivity index (χ0v) is 18.0. The van der Waals surface area contributed by atoms with Gasteiger partial charge in [-0.2, -0.15) is 11.3 Å². The number of nitrogens with zero attached hydrogens (tertiary/aromatic N) is 1. The van der Waals surface area contributed by atoms with E-state index >= 15 is 0 Å². The van der Waals surface area contributed by atoms with Crippen molar-refractivity contribution in [2.75, 3.05) is 6.61 Å². The first kappa shape index (κ1) is 22.0. The van der Waals surface area contributed by atoms with E-state index in [9.17, 15) is 20.1 Å². The van der Waals surface area contributed by atoms with E-state index in [4.69, 9.17) is 9.47 Å². The van der Waals surface area contributed by atoms with E-state index in [-0.39, 0.29) is 24.6 Å². The summed E-state index contributed by atoms with van der Waals surface area (Å²) in [4.78, 5) is 15.9. The number of rotatable bonds is 7. The Labute approximate surface area is 189 Å². The minimum Gasteiger partial charge on any atom is -0.507 e. The van der Waals surface area contributed by atoms with E-state index in [1.807, 2.05) is 29.0 Å². The van der Waals surface area contributed by atoms with Crippen LogP contribution in [0, 0.1) is 0 Å². The maximum absolute atomic E-state index is 11.3. The summed E-state index contributed by atoms with van der Waals surface area (Å²) < 4.78 is 11.5. The Bertz CT molecular complexity index is 1110. The minimum absolute atomic E-state index is 0.0764. The average molecular weight is 454 g/mol. The Hall–Kier alpha value is -3.20. The molecule has 3 N–H and O–H groups in total. The second kappa shape index (κ2) is 9.95. The van der Waals surface area contributed by atoms with Crippen LogP contribution in [0.3, 0.4) is 0 Å². The average Bonchev–Trinajstić information content (AvgIpc) is 3.31. The number of phenols is 1. The van der Waals surface area contributed by atoms with E-state index in [2.05, 4.69) is 4.98 Å². The first-order valence-corrected chi connectivity index (χ1v) is 11.1. The molecule has 32 heavy (non-hydrogen) atoms. The molecule has 2 atom stereocenters. The number of benzene rings is 1. The fourth-order valence-electron chi connectivity index (χ4n) is 3.59. The Morgan fingerprint density at radius 2 is 2.16 bits per heavy atom. The zero-order valence-electron chi connectivity index (χ0n) is 17.2. The van der Waals surface area contributed by atoms with Crippen molar-refractivity contribution in [2.45, 2.75) is 31.7 Å². The highest BCUT2D eigenvalue weighted by atomic mass is 32.1. The van der Waals surface area contributed by atoms with Crippen LogP contribution in [0.25, 0.3) is 5.57 Å². The second-order valence-corrected chi connectivity index (χ2v) is 8.25. The van der Waals surface area contributed by atoms with Crippen molar-refractivity contribution in [1.29, 1.82) is 0 Å². The lowest BCUT2D eigenvalue weighted by atomic mass is 9.99. The number of pyridine rings is 1. The van der Waals surface area contributed by atoms with Gasteiger partial charge in [0.15, 0.2) is 0 Å². The van der Waals surface area contributed by atoms with Gasteiger partial charge in [0.05, 0.1) is 17.5 Å². The minimum atomic E-state index is -1.09. The van der Waals surface area contributed by atoms with E-state index in [1.54, 1.807) is 18.2 Å². The van der Waals surface area contributed by atoms with Crippen LogP contribution in [0.4, 0.5) is 0 Å². The van der Waals surface area contributed by atoms with Gasteiger partial charge in [-0.05, 0) is 53.1 Å². The monoisotopic (exact) mass is 453 g/mol. The number of ether oxygens (including phenoxy) is 2. The van der Waals surface area contributed by atoms with Gasteiger partial charge in [0, 0.05) is 36.3 Å². The largest absolute Gasteiger partial charge is 0.507 e. The topological polar surface area (TPSA) is 109 Å². The van der Waals surface area contributed by atoms with Crippen molar-refractivity contribution >= 4 is 22.9 Å². The predicted molar refractivity (Wildman–Crippen MR) is 120 cm³/mol. The van der Waals surface area contributed by atoms with Gasteiger partial charge in [-0.3, -0.25) is 4.98 Å². The first-order valence-electron chi connectivity index (χ1n) is 10.2. The number of aliphatic carboxylic acids is 1. The number of phenolic OH excluding ortho intramolecular Hbond substituents is 1. The van der Waals surface area contributed by atoms with Gasteiger partial charge < -0.3 is 24.8 Å². The van der Waals surface area contributed by atoms with Crippen LogP contribution in [0.2, 0.25) is 0 Å². The summed E-state index contributed by atoms with van der Waals surface area (Å²) >= 11 is 1.45. The molecular weight excluding hydrogens is 430 g/mol. The molecule has 7 nitrogen and oxygen atoms in total. The molecule has 166 valence electrons. The summed E-state index contributed by atoms with van der Waals surface area (Å²) in [5.41, 5.74) is 3.00. The van der Waals surface area contributed by atoms with Crippen LogP contribution in [0.5, 0.6) is 11.5 Å². The van der Waals surface area contributed by atoms with Crippen LogP contribution in [0.15, 0.2) is 59.3 Å². The molecule has 4 rings (SSSR count). The summed E-state index contributed by atoms with van der Waals surface area (Å²) in [6.45, 7) is 0.688. The number of carboxylic acids is 1. The van der Waals surface area contributed by atoms with Gasteiger partial charge in [-0.15, -0.1) is 0 Å². The van der Waals surface area contributed by atoms with Gasteiger partial charge in [0.2, 0.25) is 0 Å². The van der Waals surface area contributed by atoms with Crippen molar-refractivity contribution in [3.63, 3.8) is 0 Å². The molecule has 3 aromatic rings. The Morgan fingerprint density at radius 3 is 2.88 bits per heavy atom. The lowest BCUT2D eigenvalue weighted by Gasteiger charge is -2.26. The van der Waals surface area contributed by atoms with Crippen molar-refractivity contribution in [3.8, 4) is 11.5 Å². The number of hydrogen-bond acceptors (Lipinski definition) is 7. The smallest absolute Gasteiger partial charge is 0.328 e. The number of carbonyl (C=O) groups is 1. The van der Waals surface area contributed by atoms with Crippen LogP contribution >= 0.6 is 11.3 Å². The summed E-state index contributed by atoms with van der Waals surface area (Å²) in [6.07, 6.45) is 1.61. The number of aliphatic hydroxyl groups is 1. The van der Waals surface area contributed by atoms with Crippen molar-refractivity contribution in [2.24, 2.45) is 0 Å². The zero-order chi connectivity index (χ0) is 22.5. The van der Waals surface area contributed by atoms with Crippen LogP contribution in [-0.2, 0) is 16.1 Å². The van der Waals surface area contributed by atoms with Crippen molar-refractivity contribution < 1.29 is 29.6 Å². The molecular formula is C24H23NO6S. The lowest BCUT2D eigenvalue weighted by Crippen LogP contribution is -2.24. The highest BCUT2D eigenvalue weighted by Gasteiger charge is 2.23.